The van der Waals surface area contributed by atoms with Gasteiger partial charge in [-0.15, -0.1) is 12.4 Å². The van der Waals surface area contributed by atoms with Crippen LogP contribution in [-0.4, -0.2) is 29.7 Å². The van der Waals surface area contributed by atoms with Gasteiger partial charge >= 0.3 is 0 Å². The van der Waals surface area contributed by atoms with E-state index in [1.54, 1.807) is 7.11 Å². The van der Waals surface area contributed by atoms with Crippen molar-refractivity contribution in [3.05, 3.63) is 30.2 Å². The monoisotopic (exact) mass is 382 g/mol. The number of halogens is 1. The Morgan fingerprint density at radius 1 is 1.31 bits per heavy atom. The third kappa shape index (κ3) is 6.65. The molecule has 0 bridgehead atoms. The summed E-state index contributed by atoms with van der Waals surface area (Å²) in [5.41, 5.74) is 6.25. The van der Waals surface area contributed by atoms with E-state index in [0.29, 0.717) is 24.7 Å². The standard InChI is InChI=1S/C18H26N4O3.ClH/c1-13(20-16(23)10-5-3-4-6-11-19)18-21-17(22-25-18)14-8-7-9-15(12-14)24-2;/h7-9,12-13H,3-6,10-11,19H2,1-2H3,(H,20,23);1H. The molecule has 26 heavy (non-hydrogen) atoms. The van der Waals surface area contributed by atoms with Crippen LogP contribution >= 0.6 is 12.4 Å². The number of nitrogens with zero attached hydrogens (tertiary/aromatic N) is 2. The fourth-order valence-corrected chi connectivity index (χ4v) is 2.45. The maximum atomic E-state index is 12.0. The number of benzene rings is 1. The Labute approximate surface area is 160 Å². The summed E-state index contributed by atoms with van der Waals surface area (Å²) in [7, 11) is 1.61. The molecule has 1 aromatic heterocycles. The van der Waals surface area contributed by atoms with Gasteiger partial charge in [-0.05, 0) is 38.4 Å². The van der Waals surface area contributed by atoms with Gasteiger partial charge in [-0.1, -0.05) is 30.1 Å². The smallest absolute Gasteiger partial charge is 0.249 e. The third-order valence-corrected chi connectivity index (χ3v) is 3.88. The first-order valence-electron chi connectivity index (χ1n) is 8.61. The minimum atomic E-state index is -0.330. The number of carbonyl (C=O) groups is 1. The predicted octanol–water partition coefficient (Wildman–Crippen LogP) is 3.25. The van der Waals surface area contributed by atoms with Crippen molar-refractivity contribution in [1.29, 1.82) is 0 Å². The minimum absolute atomic E-state index is 0. The van der Waals surface area contributed by atoms with Gasteiger partial charge in [0, 0.05) is 12.0 Å². The van der Waals surface area contributed by atoms with Crippen molar-refractivity contribution in [2.75, 3.05) is 13.7 Å². The zero-order chi connectivity index (χ0) is 18.1. The van der Waals surface area contributed by atoms with Crippen LogP contribution in [0.4, 0.5) is 0 Å². The van der Waals surface area contributed by atoms with Crippen molar-refractivity contribution < 1.29 is 14.1 Å². The Balaban J connectivity index is 0.00000338. The average Bonchev–Trinajstić information content (AvgIpc) is 3.12. The van der Waals surface area contributed by atoms with Crippen molar-refractivity contribution in [2.24, 2.45) is 5.73 Å². The van der Waals surface area contributed by atoms with Crippen molar-refractivity contribution in [2.45, 2.75) is 45.1 Å². The lowest BCUT2D eigenvalue weighted by Crippen LogP contribution is -2.26. The normalized spacial score (nSPS) is 11.5. The van der Waals surface area contributed by atoms with E-state index in [4.69, 9.17) is 15.0 Å². The van der Waals surface area contributed by atoms with E-state index in [1.165, 1.54) is 0 Å². The summed E-state index contributed by atoms with van der Waals surface area (Å²) in [5.74, 6) is 1.56. The number of hydrogen-bond acceptors (Lipinski definition) is 6. The maximum Gasteiger partial charge on any atom is 0.249 e. The Morgan fingerprint density at radius 2 is 2.08 bits per heavy atom. The first-order valence-corrected chi connectivity index (χ1v) is 8.61. The fraction of sp³-hybridized carbons (Fsp3) is 0.500. The molecule has 2 rings (SSSR count). The van der Waals surface area contributed by atoms with E-state index < -0.39 is 0 Å². The Morgan fingerprint density at radius 3 is 2.81 bits per heavy atom. The number of methoxy groups -OCH3 is 1. The van der Waals surface area contributed by atoms with Crippen LogP contribution in [-0.2, 0) is 4.79 Å². The van der Waals surface area contributed by atoms with Crippen LogP contribution in [0.3, 0.4) is 0 Å². The molecule has 3 N–H and O–H groups in total. The molecule has 0 fully saturated rings. The molecule has 1 unspecified atom stereocenters. The molecule has 0 radical (unpaired) electrons. The van der Waals surface area contributed by atoms with Crippen LogP contribution < -0.4 is 15.8 Å². The molecular formula is C18H27ClN4O3. The molecule has 0 aliphatic carbocycles. The number of amides is 1. The third-order valence-electron chi connectivity index (χ3n) is 3.88. The van der Waals surface area contributed by atoms with Gasteiger partial charge in [0.25, 0.3) is 0 Å². The first-order chi connectivity index (χ1) is 12.1. The molecule has 1 atom stereocenters. The highest BCUT2D eigenvalue weighted by atomic mass is 35.5. The highest BCUT2D eigenvalue weighted by Gasteiger charge is 2.17. The molecule has 0 aliphatic heterocycles. The zero-order valence-electron chi connectivity index (χ0n) is 15.2. The summed E-state index contributed by atoms with van der Waals surface area (Å²) in [5, 5.41) is 6.87. The lowest BCUT2D eigenvalue weighted by atomic mass is 10.1. The van der Waals surface area contributed by atoms with Gasteiger partial charge in [-0.2, -0.15) is 4.98 Å². The SMILES string of the molecule is COc1cccc(-c2noc(C(C)NC(=O)CCCCCCN)n2)c1.Cl. The van der Waals surface area contributed by atoms with Crippen molar-refractivity contribution >= 4 is 18.3 Å². The molecular weight excluding hydrogens is 356 g/mol. The molecule has 2 aromatic rings. The average molecular weight is 383 g/mol. The largest absolute Gasteiger partial charge is 0.497 e. The Hall–Kier alpha value is -2.12. The minimum Gasteiger partial charge on any atom is -0.497 e. The van der Waals surface area contributed by atoms with Crippen LogP contribution in [0, 0.1) is 0 Å². The second-order valence-corrected chi connectivity index (χ2v) is 5.93. The fourth-order valence-electron chi connectivity index (χ4n) is 2.45. The van der Waals surface area contributed by atoms with Crippen molar-refractivity contribution in [1.82, 2.24) is 15.5 Å². The highest BCUT2D eigenvalue weighted by Crippen LogP contribution is 2.22. The number of hydrogen-bond donors (Lipinski definition) is 2. The number of nitrogens with two attached hydrogens (primary N) is 1. The summed E-state index contributed by atoms with van der Waals surface area (Å²) in [6.45, 7) is 2.53. The highest BCUT2D eigenvalue weighted by molar-refractivity contribution is 5.85. The van der Waals surface area contributed by atoms with Gasteiger partial charge in [-0.3, -0.25) is 4.79 Å². The number of ether oxygens (including phenoxy) is 1. The van der Waals surface area contributed by atoms with E-state index in [2.05, 4.69) is 15.5 Å². The molecule has 1 heterocycles. The molecule has 7 nitrogen and oxygen atoms in total. The number of nitrogens with one attached hydrogen (secondary N) is 1. The molecule has 0 spiro atoms. The molecule has 0 saturated heterocycles. The van der Waals surface area contributed by atoms with Gasteiger partial charge in [0.15, 0.2) is 0 Å². The quantitative estimate of drug-likeness (QED) is 0.611. The van der Waals surface area contributed by atoms with Crippen molar-refractivity contribution in [3.63, 3.8) is 0 Å². The van der Waals surface area contributed by atoms with E-state index in [0.717, 1.165) is 37.0 Å². The molecule has 0 saturated carbocycles. The summed E-state index contributed by atoms with van der Waals surface area (Å²) in [4.78, 5) is 16.3. The molecule has 8 heteroatoms. The number of carbonyl (C=O) groups excluding carboxylic acids is 1. The van der Waals surface area contributed by atoms with Crippen LogP contribution in [0.15, 0.2) is 28.8 Å². The number of aromatic nitrogens is 2. The summed E-state index contributed by atoms with van der Waals surface area (Å²) >= 11 is 0. The zero-order valence-corrected chi connectivity index (χ0v) is 16.1. The van der Waals surface area contributed by atoms with E-state index in [1.807, 2.05) is 31.2 Å². The summed E-state index contributed by atoms with van der Waals surface area (Å²) < 4.78 is 10.5. The van der Waals surface area contributed by atoms with Gasteiger partial charge in [0.2, 0.25) is 17.6 Å². The van der Waals surface area contributed by atoms with E-state index >= 15 is 0 Å². The van der Waals surface area contributed by atoms with Crippen LogP contribution in [0.25, 0.3) is 11.4 Å². The summed E-state index contributed by atoms with van der Waals surface area (Å²) in [6.07, 6.45) is 4.43. The molecule has 144 valence electrons. The Bertz CT molecular complexity index is 678. The number of rotatable bonds is 10. The molecule has 1 amide bonds. The van der Waals surface area contributed by atoms with Crippen LogP contribution in [0.1, 0.15) is 51.0 Å². The van der Waals surface area contributed by atoms with Crippen LogP contribution in [0.2, 0.25) is 0 Å². The molecule has 0 aliphatic rings. The van der Waals surface area contributed by atoms with Gasteiger partial charge in [-0.25, -0.2) is 0 Å². The van der Waals surface area contributed by atoms with Gasteiger partial charge in [0.05, 0.1) is 7.11 Å². The molecule has 1 aromatic carbocycles. The Kier molecular flexibility index (Phi) is 9.69. The lowest BCUT2D eigenvalue weighted by Gasteiger charge is -2.09. The van der Waals surface area contributed by atoms with Crippen molar-refractivity contribution in [3.8, 4) is 17.1 Å². The number of unbranched alkanes of at least 4 members (excludes halogenated alkanes) is 3. The van der Waals surface area contributed by atoms with E-state index in [9.17, 15) is 4.79 Å². The second-order valence-electron chi connectivity index (χ2n) is 5.93. The van der Waals surface area contributed by atoms with Crippen LogP contribution in [0.5, 0.6) is 5.75 Å². The van der Waals surface area contributed by atoms with Gasteiger partial charge in [0.1, 0.15) is 11.8 Å². The van der Waals surface area contributed by atoms with Gasteiger partial charge < -0.3 is 20.3 Å². The maximum absolute atomic E-state index is 12.0. The second kappa shape index (κ2) is 11.5. The summed E-state index contributed by atoms with van der Waals surface area (Å²) in [6, 6.07) is 7.09. The predicted molar refractivity (Wildman–Crippen MR) is 102 cm³/mol. The lowest BCUT2D eigenvalue weighted by molar-refractivity contribution is -0.122. The van der Waals surface area contributed by atoms with E-state index in [-0.39, 0.29) is 24.4 Å². The topological polar surface area (TPSA) is 103 Å². The first kappa shape index (κ1) is 21.9.